The second-order valence-electron chi connectivity index (χ2n) is 21.5. The van der Waals surface area contributed by atoms with Gasteiger partial charge in [-0.05, 0) is 151 Å². The topological polar surface area (TPSA) is 108 Å². The molecule has 410 valence electrons. The molecule has 0 amide bonds. The molecule has 16 rings (SSSR count). The van der Waals surface area contributed by atoms with Gasteiger partial charge in [0.1, 0.15) is 0 Å². The molecular formula is C80H46N8Zn2. The van der Waals surface area contributed by atoms with Crippen molar-refractivity contribution < 1.29 is 39.0 Å². The van der Waals surface area contributed by atoms with Gasteiger partial charge in [0.15, 0.2) is 0 Å². The quantitative estimate of drug-likeness (QED) is 0.120. The molecule has 6 aromatic carbocycles. The Hall–Kier alpha value is -11.1. The Morgan fingerprint density at radius 3 is 0.800 bits per heavy atom. The fourth-order valence-electron chi connectivity index (χ4n) is 11.9. The second-order valence-corrected chi connectivity index (χ2v) is 21.5. The van der Waals surface area contributed by atoms with Gasteiger partial charge in [0.2, 0.25) is 0 Å². The van der Waals surface area contributed by atoms with Crippen LogP contribution in [0.3, 0.4) is 0 Å². The standard InChI is InChI=1S/C80H46N8.2Zn/c1-5-17-53(18-6-1)75-63-37-33-59(81-63)49-60-34-38-64(82-60)76(54-19-7-2-8-20-54)68-42-46-72(86-68)79(71-45-41-67(75)85-71)57-29-25-51(26-30-57)15-13-14-16-52-27-31-58(32-28-52)80-73-47-43-69(87-73)77(55-21-9-3-10-22-55)65-39-35-61(83-65)50-62-36-40-66(84-62)78(56-23-11-4-12-24-56)70-44-48-74(80)88-70;;/h1-12,17-50H;;/q-4;2*+2. The Bertz CT molecular complexity index is 5000. The molecule has 0 saturated carbocycles. The maximum atomic E-state index is 5.38. The van der Waals surface area contributed by atoms with E-state index in [1.807, 2.05) is 133 Å². The monoisotopic (exact) mass is 1250 g/mol. The predicted molar refractivity (Wildman–Crippen MR) is 360 cm³/mol. The molecule has 0 radical (unpaired) electrons. The zero-order valence-corrected chi connectivity index (χ0v) is 54.5. The molecule has 10 heteroatoms. The van der Waals surface area contributed by atoms with Gasteiger partial charge in [-0.2, -0.15) is 0 Å². The van der Waals surface area contributed by atoms with Crippen molar-refractivity contribution in [2.45, 2.75) is 0 Å². The van der Waals surface area contributed by atoms with Crippen molar-refractivity contribution in [1.82, 2.24) is 39.9 Å². The van der Waals surface area contributed by atoms with Gasteiger partial charge >= 0.3 is 39.0 Å². The third-order valence-corrected chi connectivity index (χ3v) is 15.9. The molecule has 0 unspecified atom stereocenters. The minimum Gasteiger partial charge on any atom is -0.657 e. The first-order valence-corrected chi connectivity index (χ1v) is 29.1. The van der Waals surface area contributed by atoms with Crippen LogP contribution in [0.2, 0.25) is 0 Å². The Kier molecular flexibility index (Phi) is 15.5. The largest absolute Gasteiger partial charge is 2.00 e. The van der Waals surface area contributed by atoms with Gasteiger partial charge in [0.25, 0.3) is 0 Å². The van der Waals surface area contributed by atoms with Crippen molar-refractivity contribution in [3.63, 3.8) is 0 Å². The maximum absolute atomic E-state index is 5.38. The van der Waals surface area contributed by atoms with Gasteiger partial charge in [-0.25, -0.2) is 19.9 Å². The molecule has 6 aromatic heterocycles. The summed E-state index contributed by atoms with van der Waals surface area (Å²) in [5, 5.41) is 0. The zero-order valence-electron chi connectivity index (χ0n) is 48.6. The third kappa shape index (κ3) is 11.1. The van der Waals surface area contributed by atoms with Gasteiger partial charge in [-0.15, -0.1) is 44.1 Å². The average Bonchev–Trinajstić information content (AvgIpc) is 1.80. The Morgan fingerprint density at radius 1 is 0.233 bits per heavy atom. The van der Waals surface area contributed by atoms with E-state index in [2.05, 4.69) is 169 Å². The van der Waals surface area contributed by atoms with Gasteiger partial charge in [0, 0.05) is 11.1 Å². The van der Waals surface area contributed by atoms with Crippen LogP contribution in [0, 0.1) is 23.7 Å². The zero-order chi connectivity index (χ0) is 58.3. The number of hydrogen-bond donors (Lipinski definition) is 0. The summed E-state index contributed by atoms with van der Waals surface area (Å²) >= 11 is 0. The number of benzene rings is 6. The van der Waals surface area contributed by atoms with Crippen LogP contribution in [0.1, 0.15) is 56.7 Å². The van der Waals surface area contributed by atoms with Gasteiger partial charge in [-0.1, -0.05) is 218 Å². The summed E-state index contributed by atoms with van der Waals surface area (Å²) in [6.45, 7) is 0. The van der Waals surface area contributed by atoms with E-state index >= 15 is 0 Å². The summed E-state index contributed by atoms with van der Waals surface area (Å²) in [6.07, 6.45) is 16.5. The van der Waals surface area contributed by atoms with Gasteiger partial charge in [0.05, 0.1) is 45.6 Å². The van der Waals surface area contributed by atoms with Crippen molar-refractivity contribution in [3.8, 4) is 90.4 Å². The van der Waals surface area contributed by atoms with Crippen LogP contribution in [0.15, 0.2) is 231 Å². The van der Waals surface area contributed by atoms with E-state index < -0.39 is 0 Å². The molecule has 90 heavy (non-hydrogen) atoms. The molecule has 12 aromatic rings. The number of rotatable bonds is 6. The van der Waals surface area contributed by atoms with E-state index in [0.717, 1.165) is 168 Å². The van der Waals surface area contributed by atoms with Crippen molar-refractivity contribution in [3.05, 3.63) is 287 Å². The van der Waals surface area contributed by atoms with Crippen LogP contribution in [-0.2, 0) is 39.0 Å². The van der Waals surface area contributed by atoms with E-state index in [4.69, 9.17) is 39.9 Å². The normalized spacial score (nSPS) is 11.7. The molecular weight excluding hydrogens is 1200 g/mol. The Labute approximate surface area is 545 Å². The third-order valence-electron chi connectivity index (χ3n) is 15.9. The molecule has 0 fully saturated rings. The first-order chi connectivity index (χ1) is 43.5. The predicted octanol–water partition coefficient (Wildman–Crippen LogP) is 17.5. The number of hydrogen-bond acceptors (Lipinski definition) is 4. The van der Waals surface area contributed by atoms with E-state index in [0.29, 0.717) is 0 Å². The summed E-state index contributed by atoms with van der Waals surface area (Å²) < 4.78 is 0. The van der Waals surface area contributed by atoms with Crippen molar-refractivity contribution in [2.75, 3.05) is 0 Å². The van der Waals surface area contributed by atoms with Gasteiger partial charge < -0.3 is 19.9 Å². The number of aromatic nitrogens is 8. The molecule has 0 aliphatic carbocycles. The Morgan fingerprint density at radius 2 is 0.489 bits per heavy atom. The van der Waals surface area contributed by atoms with Crippen LogP contribution in [0.25, 0.3) is 160 Å². The molecule has 0 spiro atoms. The van der Waals surface area contributed by atoms with Crippen molar-refractivity contribution in [2.24, 2.45) is 0 Å². The smallest absolute Gasteiger partial charge is 0.657 e. The van der Waals surface area contributed by atoms with Crippen LogP contribution in [0.4, 0.5) is 0 Å². The molecule has 8 nitrogen and oxygen atoms in total. The summed E-state index contributed by atoms with van der Waals surface area (Å²) in [4.78, 5) is 42.0. The minimum absolute atomic E-state index is 0. The summed E-state index contributed by atoms with van der Waals surface area (Å²) in [5.41, 5.74) is 26.2. The van der Waals surface area contributed by atoms with Crippen molar-refractivity contribution >= 4 is 92.7 Å². The number of nitrogens with zero attached hydrogens (tertiary/aromatic N) is 8. The first-order valence-electron chi connectivity index (χ1n) is 29.1. The van der Waals surface area contributed by atoms with Crippen molar-refractivity contribution in [1.29, 1.82) is 0 Å². The van der Waals surface area contributed by atoms with E-state index in [9.17, 15) is 0 Å². The van der Waals surface area contributed by atoms with Gasteiger partial charge in [-0.3, -0.25) is 0 Å². The summed E-state index contributed by atoms with van der Waals surface area (Å²) in [5.74, 6) is 12.9. The molecule has 4 aliphatic rings. The molecule has 0 saturated heterocycles. The molecule has 0 N–H and O–H groups in total. The van der Waals surface area contributed by atoms with Crippen LogP contribution in [-0.4, -0.2) is 19.9 Å². The average molecular weight is 1250 g/mol. The minimum atomic E-state index is 0. The Balaban J connectivity index is 0.00000354. The SMILES string of the molecule is C(C#Cc1ccc(-c2c3nc(c(-c4ccccc4)c4ccc(cc5nc(c(-c6ccccc6)c6ccc2[n-]6)C=C5)[n-]4)C=C3)cc1)#Cc1ccc(-c2c3nc(c(-c4ccccc4)c4ccc(cc5nc(c(-c6ccccc6)c6ccc2[n-]6)C=C5)[n-]4)C=C3)cc1.[Zn+2].[Zn+2]. The molecule has 10 heterocycles. The second kappa shape index (κ2) is 24.6. The van der Waals surface area contributed by atoms with E-state index in [-0.39, 0.29) is 39.0 Å². The maximum Gasteiger partial charge on any atom is 2.00 e. The first kappa shape index (κ1) is 56.7. The van der Waals surface area contributed by atoms with E-state index in [1.165, 1.54) is 0 Å². The van der Waals surface area contributed by atoms with E-state index in [1.54, 1.807) is 0 Å². The fraction of sp³-hybridized carbons (Fsp3) is 0. The molecule has 0 atom stereocenters. The molecule has 16 bridgehead atoms. The van der Waals surface area contributed by atoms with Crippen LogP contribution >= 0.6 is 0 Å². The fourth-order valence-corrected chi connectivity index (χ4v) is 11.9. The summed E-state index contributed by atoms with van der Waals surface area (Å²) in [6, 6.07) is 78.3. The summed E-state index contributed by atoms with van der Waals surface area (Å²) in [7, 11) is 0. The van der Waals surface area contributed by atoms with Crippen LogP contribution < -0.4 is 19.9 Å². The molecule has 4 aliphatic heterocycles. The number of fused-ring (bicyclic) bond motifs is 16. The van der Waals surface area contributed by atoms with Crippen LogP contribution in [0.5, 0.6) is 0 Å².